The number of hydrogen-bond donors (Lipinski definition) is 2. The molecule has 2 unspecified atom stereocenters. The molecule has 92 valence electrons. The van der Waals surface area contributed by atoms with E-state index < -0.39 is 29.8 Å². The fraction of sp³-hybridized carbons (Fsp3) is 0.800. The van der Waals surface area contributed by atoms with Crippen LogP contribution in [0.4, 0.5) is 4.79 Å². The molecule has 1 amide bonds. The lowest BCUT2D eigenvalue weighted by Crippen LogP contribution is -2.43. The van der Waals surface area contributed by atoms with E-state index >= 15 is 0 Å². The average molecular weight is 231 g/mol. The number of ether oxygens (including phenoxy) is 1. The standard InChI is InChI=1S/C10H17NO5/c1-10(2,3)16-9(15)11-5-6(12)4-7(11)8(13)14/h6-7,12H,4-5H2,1-3H3,(H,13,14). The number of aliphatic hydroxyl groups is 1. The molecule has 1 saturated heterocycles. The molecule has 1 aliphatic rings. The number of carboxylic acids is 1. The Morgan fingerprint density at radius 2 is 1.94 bits per heavy atom. The third kappa shape index (κ3) is 3.10. The minimum atomic E-state index is -1.12. The van der Waals surface area contributed by atoms with Gasteiger partial charge in [0.15, 0.2) is 0 Å². The molecule has 0 aliphatic carbocycles. The predicted molar refractivity (Wildman–Crippen MR) is 55.0 cm³/mol. The fourth-order valence-corrected chi connectivity index (χ4v) is 1.57. The molecule has 0 bridgehead atoms. The summed E-state index contributed by atoms with van der Waals surface area (Å²) in [5.74, 6) is -1.12. The Labute approximate surface area is 93.8 Å². The molecule has 0 radical (unpaired) electrons. The molecule has 1 aliphatic heterocycles. The SMILES string of the molecule is CC(C)(C)OC(=O)N1CC(O)CC1C(=O)O. The molecule has 16 heavy (non-hydrogen) atoms. The zero-order valence-corrected chi connectivity index (χ0v) is 9.64. The normalized spacial score (nSPS) is 25.6. The van der Waals surface area contributed by atoms with Crippen molar-refractivity contribution in [2.24, 2.45) is 0 Å². The molecule has 0 spiro atoms. The number of aliphatic hydroxyl groups excluding tert-OH is 1. The summed E-state index contributed by atoms with van der Waals surface area (Å²) in [6.07, 6.45) is -1.45. The van der Waals surface area contributed by atoms with Gasteiger partial charge in [0, 0.05) is 6.42 Å². The van der Waals surface area contributed by atoms with E-state index in [1.807, 2.05) is 0 Å². The summed E-state index contributed by atoms with van der Waals surface area (Å²) in [5.41, 5.74) is -0.673. The molecule has 0 aromatic rings. The second-order valence-corrected chi connectivity index (χ2v) is 4.88. The molecule has 2 atom stereocenters. The molecule has 0 saturated carbocycles. The van der Waals surface area contributed by atoms with Crippen LogP contribution in [-0.2, 0) is 9.53 Å². The highest BCUT2D eigenvalue weighted by Gasteiger charge is 2.40. The Balaban J connectivity index is 2.71. The number of β-amino-alcohol motifs (C(OH)–C–C–N with tert-alkyl or cyclic N) is 1. The second-order valence-electron chi connectivity index (χ2n) is 4.88. The van der Waals surface area contributed by atoms with E-state index in [0.29, 0.717) is 0 Å². The first-order valence-corrected chi connectivity index (χ1v) is 5.11. The Morgan fingerprint density at radius 1 is 1.38 bits per heavy atom. The van der Waals surface area contributed by atoms with Crippen molar-refractivity contribution in [2.45, 2.75) is 44.9 Å². The highest BCUT2D eigenvalue weighted by molar-refractivity contribution is 5.81. The number of rotatable bonds is 1. The molecular weight excluding hydrogens is 214 g/mol. The first-order valence-electron chi connectivity index (χ1n) is 5.11. The molecule has 0 aromatic heterocycles. The Morgan fingerprint density at radius 3 is 2.38 bits per heavy atom. The van der Waals surface area contributed by atoms with Crippen molar-refractivity contribution in [2.75, 3.05) is 6.54 Å². The van der Waals surface area contributed by atoms with Crippen LogP contribution in [0.3, 0.4) is 0 Å². The van der Waals surface area contributed by atoms with Crippen LogP contribution < -0.4 is 0 Å². The summed E-state index contributed by atoms with van der Waals surface area (Å²) >= 11 is 0. The topological polar surface area (TPSA) is 87.1 Å². The minimum absolute atomic E-state index is 0.00583. The highest BCUT2D eigenvalue weighted by atomic mass is 16.6. The van der Waals surface area contributed by atoms with Gasteiger partial charge in [-0.25, -0.2) is 9.59 Å². The van der Waals surface area contributed by atoms with Crippen LogP contribution in [-0.4, -0.2) is 51.5 Å². The Bertz CT molecular complexity index is 296. The van der Waals surface area contributed by atoms with E-state index in [-0.39, 0.29) is 13.0 Å². The van der Waals surface area contributed by atoms with Crippen molar-refractivity contribution < 1.29 is 24.5 Å². The van der Waals surface area contributed by atoms with Crippen molar-refractivity contribution in [1.29, 1.82) is 0 Å². The van der Waals surface area contributed by atoms with Gasteiger partial charge in [0.2, 0.25) is 0 Å². The quantitative estimate of drug-likeness (QED) is 0.683. The van der Waals surface area contributed by atoms with Gasteiger partial charge < -0.3 is 14.9 Å². The maximum atomic E-state index is 11.7. The summed E-state index contributed by atoms with van der Waals surface area (Å²) < 4.78 is 5.06. The van der Waals surface area contributed by atoms with Crippen molar-refractivity contribution in [3.8, 4) is 0 Å². The van der Waals surface area contributed by atoms with Gasteiger partial charge in [0.05, 0.1) is 12.6 Å². The molecule has 6 nitrogen and oxygen atoms in total. The van der Waals surface area contributed by atoms with Crippen molar-refractivity contribution >= 4 is 12.1 Å². The van der Waals surface area contributed by atoms with Gasteiger partial charge in [0.1, 0.15) is 11.6 Å². The summed E-state index contributed by atoms with van der Waals surface area (Å²) in [5, 5.41) is 18.2. The molecule has 1 rings (SSSR count). The third-order valence-corrected chi connectivity index (χ3v) is 2.19. The fourth-order valence-electron chi connectivity index (χ4n) is 1.57. The minimum Gasteiger partial charge on any atom is -0.480 e. The molecule has 0 aromatic carbocycles. The van der Waals surface area contributed by atoms with E-state index in [9.17, 15) is 14.7 Å². The monoisotopic (exact) mass is 231 g/mol. The number of carboxylic acid groups (broad SMARTS) is 1. The lowest BCUT2D eigenvalue weighted by Gasteiger charge is -2.26. The van der Waals surface area contributed by atoms with Gasteiger partial charge >= 0.3 is 12.1 Å². The Hall–Kier alpha value is -1.30. The number of likely N-dealkylation sites (tertiary alicyclic amines) is 1. The van der Waals surface area contributed by atoms with Gasteiger partial charge in [-0.3, -0.25) is 4.90 Å². The smallest absolute Gasteiger partial charge is 0.411 e. The maximum absolute atomic E-state index is 11.7. The molecular formula is C10H17NO5. The highest BCUT2D eigenvalue weighted by Crippen LogP contribution is 2.21. The molecule has 1 fully saturated rings. The van der Waals surface area contributed by atoms with Crippen LogP contribution in [0, 0.1) is 0 Å². The Kier molecular flexibility index (Phi) is 3.42. The second kappa shape index (κ2) is 4.29. The number of carbonyl (C=O) groups excluding carboxylic acids is 1. The lowest BCUT2D eigenvalue weighted by molar-refractivity contribution is -0.142. The van der Waals surface area contributed by atoms with Gasteiger partial charge in [-0.05, 0) is 20.8 Å². The number of amides is 1. The van der Waals surface area contributed by atoms with Gasteiger partial charge in [-0.15, -0.1) is 0 Å². The summed E-state index contributed by atoms with van der Waals surface area (Å²) in [6.45, 7) is 5.11. The summed E-state index contributed by atoms with van der Waals surface area (Å²) in [6, 6.07) is -0.996. The van der Waals surface area contributed by atoms with Crippen LogP contribution in [0.25, 0.3) is 0 Å². The third-order valence-electron chi connectivity index (χ3n) is 2.19. The average Bonchev–Trinajstić information content (AvgIpc) is 2.44. The van der Waals surface area contributed by atoms with Crippen LogP contribution in [0.2, 0.25) is 0 Å². The lowest BCUT2D eigenvalue weighted by atomic mass is 10.2. The van der Waals surface area contributed by atoms with Gasteiger partial charge in [-0.1, -0.05) is 0 Å². The van der Waals surface area contributed by atoms with Crippen LogP contribution in [0.15, 0.2) is 0 Å². The summed E-state index contributed by atoms with van der Waals surface area (Å²) in [7, 11) is 0. The van der Waals surface area contributed by atoms with Gasteiger partial charge in [0.25, 0.3) is 0 Å². The van der Waals surface area contributed by atoms with E-state index in [4.69, 9.17) is 9.84 Å². The first kappa shape index (κ1) is 12.8. The first-order chi connectivity index (χ1) is 7.20. The number of nitrogens with zero attached hydrogens (tertiary/aromatic N) is 1. The van der Waals surface area contributed by atoms with E-state index in [0.717, 1.165) is 4.90 Å². The number of hydrogen-bond acceptors (Lipinski definition) is 4. The number of aliphatic carboxylic acids is 1. The van der Waals surface area contributed by atoms with Crippen molar-refractivity contribution in [3.63, 3.8) is 0 Å². The van der Waals surface area contributed by atoms with E-state index in [1.165, 1.54) is 0 Å². The molecule has 1 heterocycles. The largest absolute Gasteiger partial charge is 0.480 e. The predicted octanol–water partition coefficient (Wildman–Crippen LogP) is 0.441. The van der Waals surface area contributed by atoms with Gasteiger partial charge in [-0.2, -0.15) is 0 Å². The molecule has 2 N–H and O–H groups in total. The zero-order valence-electron chi connectivity index (χ0n) is 9.64. The zero-order chi connectivity index (χ0) is 12.5. The maximum Gasteiger partial charge on any atom is 0.411 e. The van der Waals surface area contributed by atoms with Crippen molar-refractivity contribution in [1.82, 2.24) is 4.90 Å². The van der Waals surface area contributed by atoms with Crippen LogP contribution >= 0.6 is 0 Å². The number of carbonyl (C=O) groups is 2. The van der Waals surface area contributed by atoms with E-state index in [1.54, 1.807) is 20.8 Å². The molecule has 6 heteroatoms. The van der Waals surface area contributed by atoms with Crippen LogP contribution in [0.1, 0.15) is 27.2 Å². The summed E-state index contributed by atoms with van der Waals surface area (Å²) in [4.78, 5) is 23.6. The van der Waals surface area contributed by atoms with Crippen molar-refractivity contribution in [3.05, 3.63) is 0 Å². The van der Waals surface area contributed by atoms with Crippen LogP contribution in [0.5, 0.6) is 0 Å². The van der Waals surface area contributed by atoms with E-state index in [2.05, 4.69) is 0 Å².